The number of guanidine groups is 1. The van der Waals surface area contributed by atoms with Crippen molar-refractivity contribution in [1.29, 1.82) is 5.41 Å². The summed E-state index contributed by atoms with van der Waals surface area (Å²) in [5.74, 6) is -3.54. The van der Waals surface area contributed by atoms with Crippen LogP contribution >= 0.6 is 0 Å². The maximum atomic E-state index is 13.9. The summed E-state index contributed by atoms with van der Waals surface area (Å²) in [4.78, 5) is 47.6. The standard InChI is InChI=1S/C32H41F6N9O4/c33-31(34,35)21-6-3-19(4-7-21)9-14-41-27(49)23-12-17-47(23)25-18-24(44-29(45-25)32(36,37)38)46-15-10-20(11-16-46)5-8-26(48)43-22(28(50)51)2-1-13-42-30(39)40/h3-4,6-7,18,20,22-23H,1-2,5,8-17H2,(H,41,49)(H,43,48)(H,50,51)(H4,39,40,42). The van der Waals surface area contributed by atoms with Crippen LogP contribution in [0.1, 0.15) is 61.9 Å². The van der Waals surface area contributed by atoms with Crippen LogP contribution in [0.15, 0.2) is 30.3 Å². The number of benzene rings is 1. The Hall–Kier alpha value is -4.84. The van der Waals surface area contributed by atoms with Gasteiger partial charge in [-0.3, -0.25) is 15.0 Å². The van der Waals surface area contributed by atoms with Gasteiger partial charge in [-0.1, -0.05) is 12.1 Å². The van der Waals surface area contributed by atoms with Crippen LogP contribution < -0.4 is 31.5 Å². The van der Waals surface area contributed by atoms with Gasteiger partial charge in [0, 0.05) is 45.2 Å². The Kier molecular flexibility index (Phi) is 12.9. The highest BCUT2D eigenvalue weighted by atomic mass is 19.4. The number of nitrogens with one attached hydrogen (secondary N) is 4. The minimum absolute atomic E-state index is 0.0506. The van der Waals surface area contributed by atoms with E-state index < -0.39 is 53.6 Å². The van der Waals surface area contributed by atoms with E-state index in [0.29, 0.717) is 50.8 Å². The minimum Gasteiger partial charge on any atom is -0.480 e. The predicted molar refractivity (Wildman–Crippen MR) is 174 cm³/mol. The lowest BCUT2D eigenvalue weighted by molar-refractivity contribution is -0.145. The predicted octanol–water partition coefficient (Wildman–Crippen LogP) is 3.28. The van der Waals surface area contributed by atoms with Crippen molar-refractivity contribution in [3.63, 3.8) is 0 Å². The number of halogens is 6. The number of anilines is 2. The number of alkyl halides is 6. The van der Waals surface area contributed by atoms with Gasteiger partial charge in [0.2, 0.25) is 17.6 Å². The van der Waals surface area contributed by atoms with Gasteiger partial charge >= 0.3 is 18.3 Å². The molecule has 4 rings (SSSR count). The summed E-state index contributed by atoms with van der Waals surface area (Å²) >= 11 is 0. The van der Waals surface area contributed by atoms with Crippen LogP contribution in [-0.4, -0.2) is 83.6 Å². The summed E-state index contributed by atoms with van der Waals surface area (Å²) in [6.07, 6.45) is -6.50. The Morgan fingerprint density at radius 3 is 2.18 bits per heavy atom. The number of piperidine rings is 1. The van der Waals surface area contributed by atoms with Crippen LogP contribution in [-0.2, 0) is 33.2 Å². The Morgan fingerprint density at radius 2 is 1.61 bits per heavy atom. The van der Waals surface area contributed by atoms with Crippen molar-refractivity contribution in [2.75, 3.05) is 42.5 Å². The summed E-state index contributed by atoms with van der Waals surface area (Å²) in [6.45, 7) is 1.40. The molecule has 2 atom stereocenters. The van der Waals surface area contributed by atoms with Crippen molar-refractivity contribution >= 4 is 35.4 Å². The Bertz CT molecular complexity index is 1530. The quantitative estimate of drug-likeness (QED) is 0.0687. The van der Waals surface area contributed by atoms with Crippen LogP contribution in [0.5, 0.6) is 0 Å². The highest BCUT2D eigenvalue weighted by molar-refractivity contribution is 5.87. The lowest BCUT2D eigenvalue weighted by Crippen LogP contribution is -2.57. The zero-order valence-corrected chi connectivity index (χ0v) is 27.6. The molecule has 13 nitrogen and oxygen atoms in total. The summed E-state index contributed by atoms with van der Waals surface area (Å²) in [6, 6.07) is 4.11. The first-order chi connectivity index (χ1) is 24.0. The fourth-order valence-corrected chi connectivity index (χ4v) is 5.94. The number of hydrogen-bond donors (Lipinski definition) is 6. The molecule has 1 aromatic heterocycles. The zero-order valence-electron chi connectivity index (χ0n) is 27.6. The Morgan fingerprint density at radius 1 is 0.941 bits per heavy atom. The van der Waals surface area contributed by atoms with E-state index in [9.17, 15) is 45.8 Å². The first-order valence-corrected chi connectivity index (χ1v) is 16.5. The maximum Gasteiger partial charge on any atom is 0.451 e. The number of carboxylic acids is 1. The highest BCUT2D eigenvalue weighted by Gasteiger charge is 2.40. The van der Waals surface area contributed by atoms with E-state index in [0.717, 1.165) is 12.1 Å². The van der Waals surface area contributed by atoms with Crippen LogP contribution in [0.4, 0.5) is 38.0 Å². The highest BCUT2D eigenvalue weighted by Crippen LogP contribution is 2.35. The average molecular weight is 730 g/mol. The number of amides is 2. The maximum absolute atomic E-state index is 13.9. The van der Waals surface area contributed by atoms with E-state index in [4.69, 9.17) is 11.1 Å². The molecular formula is C32H41F6N9O4. The number of rotatable bonds is 15. The molecule has 0 aliphatic carbocycles. The minimum atomic E-state index is -4.85. The third-order valence-corrected chi connectivity index (χ3v) is 8.90. The molecule has 2 aromatic rings. The summed E-state index contributed by atoms with van der Waals surface area (Å²) in [5.41, 5.74) is 5.00. The van der Waals surface area contributed by atoms with Crippen molar-refractivity contribution < 1.29 is 45.8 Å². The summed E-state index contributed by atoms with van der Waals surface area (Å²) < 4.78 is 80.1. The molecule has 1 aromatic carbocycles. The normalized spacial score (nSPS) is 17.3. The molecule has 2 saturated heterocycles. The van der Waals surface area contributed by atoms with Gasteiger partial charge in [-0.15, -0.1) is 0 Å². The monoisotopic (exact) mass is 729 g/mol. The van der Waals surface area contributed by atoms with Gasteiger partial charge in [0.25, 0.3) is 0 Å². The zero-order chi connectivity index (χ0) is 37.3. The summed E-state index contributed by atoms with van der Waals surface area (Å²) in [5, 5.41) is 24.3. The topological polar surface area (TPSA) is 190 Å². The van der Waals surface area contributed by atoms with E-state index in [1.807, 2.05) is 0 Å². The second-order valence-corrected chi connectivity index (χ2v) is 12.5. The second kappa shape index (κ2) is 16.9. The number of nitrogens with zero attached hydrogens (tertiary/aromatic N) is 4. The molecule has 0 saturated carbocycles. The SMILES string of the molecule is N=C(N)NCCCC(NC(=O)CCC1CCN(c2cc(N3CCC3C(=O)NCCc3ccc(C(F)(F)F)cc3)nc(C(F)(F)F)n2)CC1)C(=O)O. The lowest BCUT2D eigenvalue weighted by Gasteiger charge is -2.41. The molecule has 51 heavy (non-hydrogen) atoms. The molecule has 2 aliphatic heterocycles. The van der Waals surface area contributed by atoms with Crippen molar-refractivity contribution in [3.05, 3.63) is 47.3 Å². The molecule has 0 radical (unpaired) electrons. The number of carboxylic acid groups (broad SMARTS) is 1. The molecule has 280 valence electrons. The fourth-order valence-electron chi connectivity index (χ4n) is 5.94. The number of carbonyl (C=O) groups is 3. The number of aromatic nitrogens is 2. The number of nitrogens with two attached hydrogens (primary N) is 1. The van der Waals surface area contributed by atoms with Crippen molar-refractivity contribution in [2.24, 2.45) is 11.7 Å². The number of carbonyl (C=O) groups excluding carboxylic acids is 2. The summed E-state index contributed by atoms with van der Waals surface area (Å²) in [7, 11) is 0. The molecular weight excluding hydrogens is 688 g/mol. The second-order valence-electron chi connectivity index (χ2n) is 12.5. The Balaban J connectivity index is 1.29. The van der Waals surface area contributed by atoms with Gasteiger partial charge in [-0.2, -0.15) is 26.3 Å². The van der Waals surface area contributed by atoms with E-state index in [2.05, 4.69) is 25.9 Å². The van der Waals surface area contributed by atoms with Gasteiger partial charge < -0.3 is 36.6 Å². The number of aliphatic carboxylic acids is 1. The van der Waals surface area contributed by atoms with E-state index in [1.54, 1.807) is 4.90 Å². The molecule has 2 amide bonds. The van der Waals surface area contributed by atoms with Crippen molar-refractivity contribution in [3.8, 4) is 0 Å². The van der Waals surface area contributed by atoms with Crippen LogP contribution in [0, 0.1) is 11.3 Å². The first kappa shape index (κ1) is 39.0. The molecule has 2 fully saturated rings. The van der Waals surface area contributed by atoms with E-state index in [1.165, 1.54) is 23.1 Å². The van der Waals surface area contributed by atoms with E-state index >= 15 is 0 Å². The van der Waals surface area contributed by atoms with Gasteiger partial charge in [0.1, 0.15) is 23.7 Å². The Labute approximate surface area is 289 Å². The van der Waals surface area contributed by atoms with Crippen LogP contribution in [0.25, 0.3) is 0 Å². The molecule has 2 aliphatic rings. The van der Waals surface area contributed by atoms with Gasteiger partial charge in [0.15, 0.2) is 5.96 Å². The average Bonchev–Trinajstić information content (AvgIpc) is 3.04. The third-order valence-electron chi connectivity index (χ3n) is 8.90. The molecule has 3 heterocycles. The van der Waals surface area contributed by atoms with Gasteiger partial charge in [-0.05, 0) is 68.6 Å². The van der Waals surface area contributed by atoms with Crippen LogP contribution in [0.3, 0.4) is 0 Å². The van der Waals surface area contributed by atoms with Crippen molar-refractivity contribution in [2.45, 2.75) is 75.8 Å². The first-order valence-electron chi connectivity index (χ1n) is 16.5. The largest absolute Gasteiger partial charge is 0.480 e. The van der Waals surface area contributed by atoms with Crippen LogP contribution in [0.2, 0.25) is 0 Å². The number of hydrogen-bond acceptors (Lipinski definition) is 8. The molecule has 19 heteroatoms. The van der Waals surface area contributed by atoms with Crippen molar-refractivity contribution in [1.82, 2.24) is 25.9 Å². The molecule has 0 bridgehead atoms. The van der Waals surface area contributed by atoms with E-state index in [-0.39, 0.29) is 62.4 Å². The third kappa shape index (κ3) is 11.3. The molecule has 2 unspecified atom stereocenters. The van der Waals surface area contributed by atoms with Gasteiger partial charge in [-0.25, -0.2) is 14.8 Å². The lowest BCUT2D eigenvalue weighted by atomic mass is 9.92. The molecule has 0 spiro atoms. The smallest absolute Gasteiger partial charge is 0.451 e. The fraction of sp³-hybridized carbons (Fsp3) is 0.562. The molecule has 7 N–H and O–H groups in total. The van der Waals surface area contributed by atoms with Gasteiger partial charge in [0.05, 0.1) is 5.56 Å².